The van der Waals surface area contributed by atoms with E-state index in [-0.39, 0.29) is 29.7 Å². The number of rotatable bonds is 4. The lowest BCUT2D eigenvalue weighted by Crippen LogP contribution is -2.58. The van der Waals surface area contributed by atoms with Gasteiger partial charge in [-0.2, -0.15) is 13.2 Å². The zero-order valence-electron chi connectivity index (χ0n) is 16.1. The second-order valence-corrected chi connectivity index (χ2v) is 8.16. The Balaban J connectivity index is 1.51. The summed E-state index contributed by atoms with van der Waals surface area (Å²) in [6, 6.07) is 3.21. The SMILES string of the molecule is O=C1CCN(C2CCOCC2NC(=O)c2ccc(C(F)(F)F)cc2C2CC2)CC1. The summed E-state index contributed by atoms with van der Waals surface area (Å²) in [6.45, 7) is 2.29. The van der Waals surface area contributed by atoms with Gasteiger partial charge in [0.2, 0.25) is 0 Å². The van der Waals surface area contributed by atoms with Crippen molar-refractivity contribution in [3.05, 3.63) is 34.9 Å². The molecule has 1 aliphatic carbocycles. The second-order valence-electron chi connectivity index (χ2n) is 8.16. The van der Waals surface area contributed by atoms with Gasteiger partial charge in [-0.05, 0) is 48.9 Å². The van der Waals surface area contributed by atoms with Gasteiger partial charge in [0.05, 0.1) is 18.2 Å². The Kier molecular flexibility index (Phi) is 5.66. The number of piperidine rings is 1. The summed E-state index contributed by atoms with van der Waals surface area (Å²) in [5.74, 6) is -0.0773. The number of carbonyl (C=O) groups excluding carboxylic acids is 2. The Labute approximate surface area is 167 Å². The monoisotopic (exact) mass is 410 g/mol. The van der Waals surface area contributed by atoms with E-state index in [1.165, 1.54) is 6.07 Å². The number of carbonyl (C=O) groups is 2. The predicted octanol–water partition coefficient (Wildman–Crippen LogP) is 3.14. The summed E-state index contributed by atoms with van der Waals surface area (Å²) >= 11 is 0. The maximum Gasteiger partial charge on any atom is 0.416 e. The molecule has 29 heavy (non-hydrogen) atoms. The van der Waals surface area contributed by atoms with Crippen LogP contribution < -0.4 is 5.32 Å². The molecule has 1 aromatic carbocycles. The number of hydrogen-bond acceptors (Lipinski definition) is 4. The molecule has 2 atom stereocenters. The summed E-state index contributed by atoms with van der Waals surface area (Å²) in [6.07, 6.45) is -1.03. The van der Waals surface area contributed by atoms with Crippen molar-refractivity contribution in [1.29, 1.82) is 0 Å². The molecule has 1 amide bonds. The molecule has 3 fully saturated rings. The van der Waals surface area contributed by atoms with Crippen molar-refractivity contribution in [3.8, 4) is 0 Å². The number of Topliss-reactive ketones (excluding diaryl/α,β-unsaturated/α-hetero) is 1. The van der Waals surface area contributed by atoms with Gasteiger partial charge in [-0.25, -0.2) is 0 Å². The number of alkyl halides is 3. The number of likely N-dealkylation sites (tertiary alicyclic amines) is 1. The van der Waals surface area contributed by atoms with Crippen molar-refractivity contribution in [3.63, 3.8) is 0 Å². The molecular formula is C21H25F3N2O3. The average Bonchev–Trinajstić information content (AvgIpc) is 3.53. The van der Waals surface area contributed by atoms with E-state index in [9.17, 15) is 22.8 Å². The van der Waals surface area contributed by atoms with E-state index < -0.39 is 11.7 Å². The van der Waals surface area contributed by atoms with Crippen molar-refractivity contribution in [1.82, 2.24) is 10.2 Å². The highest BCUT2D eigenvalue weighted by atomic mass is 19.4. The molecule has 2 heterocycles. The minimum absolute atomic E-state index is 0.0181. The van der Waals surface area contributed by atoms with Gasteiger partial charge in [0.1, 0.15) is 5.78 Å². The van der Waals surface area contributed by atoms with Crippen LogP contribution in [0.3, 0.4) is 0 Å². The first kappa shape index (κ1) is 20.3. The summed E-state index contributed by atoms with van der Waals surface area (Å²) in [7, 11) is 0. The van der Waals surface area contributed by atoms with Gasteiger partial charge in [-0.3, -0.25) is 14.5 Å². The summed E-state index contributed by atoms with van der Waals surface area (Å²) < 4.78 is 44.8. The minimum atomic E-state index is -4.42. The van der Waals surface area contributed by atoms with Crippen LogP contribution in [-0.4, -0.2) is 55.0 Å². The summed E-state index contributed by atoms with van der Waals surface area (Å²) in [5.41, 5.74) is 0.0839. The number of nitrogens with zero attached hydrogens (tertiary/aromatic N) is 1. The quantitative estimate of drug-likeness (QED) is 0.829. The van der Waals surface area contributed by atoms with Gasteiger partial charge >= 0.3 is 6.18 Å². The standard InChI is InChI=1S/C21H25F3N2O3/c22-21(23,24)14-3-4-16(17(11-14)13-1-2-13)20(28)25-18-12-29-10-7-19(18)26-8-5-15(27)6-9-26/h3-4,11,13,18-19H,1-2,5-10,12H2,(H,25,28). The molecule has 2 unspecified atom stereocenters. The van der Waals surface area contributed by atoms with Crippen LogP contribution in [0.5, 0.6) is 0 Å². The van der Waals surface area contributed by atoms with E-state index in [0.29, 0.717) is 50.3 Å². The van der Waals surface area contributed by atoms with Crippen molar-refractivity contribution >= 4 is 11.7 Å². The number of hydrogen-bond donors (Lipinski definition) is 1. The first-order valence-corrected chi connectivity index (χ1v) is 10.2. The molecule has 0 radical (unpaired) electrons. The summed E-state index contributed by atoms with van der Waals surface area (Å²) in [5, 5.41) is 3.00. The van der Waals surface area contributed by atoms with Crippen molar-refractivity contribution in [2.24, 2.45) is 0 Å². The van der Waals surface area contributed by atoms with Crippen molar-refractivity contribution in [2.75, 3.05) is 26.3 Å². The Bertz CT molecular complexity index is 782. The topological polar surface area (TPSA) is 58.6 Å². The minimum Gasteiger partial charge on any atom is -0.379 e. The second kappa shape index (κ2) is 8.07. The van der Waals surface area contributed by atoms with E-state index in [1.54, 1.807) is 0 Å². The molecule has 158 valence electrons. The molecule has 2 aliphatic heterocycles. The molecule has 4 rings (SSSR count). The van der Waals surface area contributed by atoms with Crippen LogP contribution in [0, 0.1) is 0 Å². The van der Waals surface area contributed by atoms with Gasteiger partial charge in [-0.15, -0.1) is 0 Å². The van der Waals surface area contributed by atoms with Crippen LogP contribution in [0.1, 0.15) is 59.5 Å². The highest BCUT2D eigenvalue weighted by molar-refractivity contribution is 5.96. The van der Waals surface area contributed by atoms with Crippen LogP contribution in [0.15, 0.2) is 18.2 Å². The first-order valence-electron chi connectivity index (χ1n) is 10.2. The third kappa shape index (κ3) is 4.64. The van der Waals surface area contributed by atoms with Crippen LogP contribution in [0.25, 0.3) is 0 Å². The van der Waals surface area contributed by atoms with Crippen molar-refractivity contribution < 1.29 is 27.5 Å². The summed E-state index contributed by atoms with van der Waals surface area (Å²) in [4.78, 5) is 26.8. The molecule has 1 aromatic rings. The van der Waals surface area contributed by atoms with Gasteiger partial charge in [0, 0.05) is 44.1 Å². The molecule has 8 heteroatoms. The largest absolute Gasteiger partial charge is 0.416 e. The van der Waals surface area contributed by atoms with E-state index >= 15 is 0 Å². The lowest BCUT2D eigenvalue weighted by Gasteiger charge is -2.41. The number of halogens is 3. The molecule has 3 aliphatic rings. The number of amides is 1. The molecule has 1 saturated carbocycles. The Morgan fingerprint density at radius 1 is 1.14 bits per heavy atom. The molecule has 2 saturated heterocycles. The third-order valence-corrected chi connectivity index (χ3v) is 6.10. The predicted molar refractivity (Wildman–Crippen MR) is 99.7 cm³/mol. The maximum absolute atomic E-state index is 13.1. The molecular weight excluding hydrogens is 385 g/mol. The Morgan fingerprint density at radius 2 is 1.86 bits per heavy atom. The Hall–Kier alpha value is -1.93. The van der Waals surface area contributed by atoms with Crippen molar-refractivity contribution in [2.45, 2.75) is 56.3 Å². The van der Waals surface area contributed by atoms with Gasteiger partial charge in [0.15, 0.2) is 0 Å². The van der Waals surface area contributed by atoms with Crippen LogP contribution in [0.2, 0.25) is 0 Å². The van der Waals surface area contributed by atoms with Gasteiger partial charge in [-0.1, -0.05) is 0 Å². The number of ketones is 1. The van der Waals surface area contributed by atoms with Gasteiger partial charge < -0.3 is 10.1 Å². The molecule has 5 nitrogen and oxygen atoms in total. The average molecular weight is 410 g/mol. The van der Waals surface area contributed by atoms with Crippen LogP contribution in [0.4, 0.5) is 13.2 Å². The number of ether oxygens (including phenoxy) is 1. The normalized spacial score (nSPS) is 26.4. The number of nitrogens with one attached hydrogen (secondary N) is 1. The van der Waals surface area contributed by atoms with E-state index in [1.807, 2.05) is 0 Å². The first-order chi connectivity index (χ1) is 13.8. The Morgan fingerprint density at radius 3 is 2.52 bits per heavy atom. The van der Waals surface area contributed by atoms with E-state index in [2.05, 4.69) is 10.2 Å². The fourth-order valence-electron chi connectivity index (χ4n) is 4.33. The fraction of sp³-hybridized carbons (Fsp3) is 0.619. The lowest BCUT2D eigenvalue weighted by atomic mass is 9.96. The fourth-order valence-corrected chi connectivity index (χ4v) is 4.33. The maximum atomic E-state index is 13.1. The molecule has 0 aromatic heterocycles. The smallest absolute Gasteiger partial charge is 0.379 e. The highest BCUT2D eigenvalue weighted by Gasteiger charge is 2.37. The highest BCUT2D eigenvalue weighted by Crippen LogP contribution is 2.43. The molecule has 0 bridgehead atoms. The molecule has 1 N–H and O–H groups in total. The van der Waals surface area contributed by atoms with Crippen LogP contribution in [-0.2, 0) is 15.7 Å². The van der Waals surface area contributed by atoms with E-state index in [4.69, 9.17) is 4.74 Å². The lowest BCUT2D eigenvalue weighted by molar-refractivity contribution is -0.137. The van der Waals surface area contributed by atoms with Gasteiger partial charge in [0.25, 0.3) is 5.91 Å². The number of benzene rings is 1. The van der Waals surface area contributed by atoms with E-state index in [0.717, 1.165) is 31.4 Å². The molecule has 0 spiro atoms. The third-order valence-electron chi connectivity index (χ3n) is 6.10. The van der Waals surface area contributed by atoms with Crippen LogP contribution >= 0.6 is 0 Å². The zero-order chi connectivity index (χ0) is 20.6. The zero-order valence-corrected chi connectivity index (χ0v) is 16.1.